The molecule has 0 spiro atoms. The molecule has 0 atom stereocenters. The first-order valence-electron chi connectivity index (χ1n) is 9.67. The lowest BCUT2D eigenvalue weighted by molar-refractivity contribution is -0.110. The molecule has 0 saturated heterocycles. The number of amides is 1. The summed E-state index contributed by atoms with van der Waals surface area (Å²) < 4.78 is 11.4. The van der Waals surface area contributed by atoms with Crippen molar-refractivity contribution in [2.75, 3.05) is 18.5 Å². The van der Waals surface area contributed by atoms with Gasteiger partial charge in [0.05, 0.1) is 13.2 Å². The van der Waals surface area contributed by atoms with Gasteiger partial charge in [0.25, 0.3) is 5.91 Å². The predicted octanol–water partition coefficient (Wildman–Crippen LogP) is 5.04. The lowest BCUT2D eigenvalue weighted by Crippen LogP contribution is -2.04. The van der Waals surface area contributed by atoms with E-state index in [2.05, 4.69) is 10.3 Å². The molecule has 3 aromatic rings. The van der Waals surface area contributed by atoms with Gasteiger partial charge < -0.3 is 14.8 Å². The number of benzene rings is 2. The molecule has 1 aromatic heterocycles. The van der Waals surface area contributed by atoms with E-state index in [-0.39, 0.29) is 5.91 Å². The monoisotopic (exact) mass is 386 g/mol. The maximum atomic E-state index is 12.7. The molecule has 0 fully saturated rings. The van der Waals surface area contributed by atoms with Crippen LogP contribution in [0.3, 0.4) is 0 Å². The van der Waals surface area contributed by atoms with Gasteiger partial charge >= 0.3 is 0 Å². The molecule has 1 aliphatic rings. The van der Waals surface area contributed by atoms with Crippen LogP contribution in [-0.2, 0) is 4.79 Å². The zero-order valence-corrected chi connectivity index (χ0v) is 16.4. The summed E-state index contributed by atoms with van der Waals surface area (Å²) in [5.41, 5.74) is 5.09. The number of hydrogen-bond acceptors (Lipinski definition) is 4. The number of anilines is 1. The highest BCUT2D eigenvalue weighted by molar-refractivity contribution is 6.35. The van der Waals surface area contributed by atoms with E-state index in [1.807, 2.05) is 74.7 Å². The van der Waals surface area contributed by atoms with Gasteiger partial charge in [0.1, 0.15) is 11.5 Å². The van der Waals surface area contributed by atoms with Crippen LogP contribution in [0.4, 0.5) is 5.69 Å². The van der Waals surface area contributed by atoms with Crippen molar-refractivity contribution in [1.29, 1.82) is 0 Å². The summed E-state index contributed by atoms with van der Waals surface area (Å²) in [6, 6.07) is 15.5. The maximum Gasteiger partial charge on any atom is 0.256 e. The zero-order chi connectivity index (χ0) is 20.2. The van der Waals surface area contributed by atoms with Gasteiger partial charge in [-0.1, -0.05) is 18.2 Å². The summed E-state index contributed by atoms with van der Waals surface area (Å²) in [5.74, 6) is 1.33. The third-order valence-electron chi connectivity index (χ3n) is 4.69. The smallest absolute Gasteiger partial charge is 0.256 e. The molecule has 0 unspecified atom stereocenters. The quantitative estimate of drug-likeness (QED) is 0.603. The van der Waals surface area contributed by atoms with Gasteiger partial charge in [-0.15, -0.1) is 0 Å². The molecule has 29 heavy (non-hydrogen) atoms. The molecule has 0 aliphatic carbocycles. The third-order valence-corrected chi connectivity index (χ3v) is 4.69. The summed E-state index contributed by atoms with van der Waals surface area (Å²) in [7, 11) is 0. The second-order valence-corrected chi connectivity index (χ2v) is 6.58. The highest BCUT2D eigenvalue weighted by Crippen LogP contribution is 2.37. The summed E-state index contributed by atoms with van der Waals surface area (Å²) in [5, 5.41) is 2.97. The van der Waals surface area contributed by atoms with Gasteiger partial charge in [0.15, 0.2) is 0 Å². The van der Waals surface area contributed by atoms with Crippen molar-refractivity contribution in [2.24, 2.45) is 0 Å². The van der Waals surface area contributed by atoms with Crippen molar-refractivity contribution < 1.29 is 14.3 Å². The van der Waals surface area contributed by atoms with Crippen LogP contribution in [0.25, 0.3) is 22.8 Å². The number of rotatable bonds is 6. The lowest BCUT2D eigenvalue weighted by Gasteiger charge is -2.11. The van der Waals surface area contributed by atoms with Gasteiger partial charge in [-0.3, -0.25) is 9.78 Å². The number of ether oxygens (including phenoxy) is 2. The number of nitrogens with zero attached hydrogens (tertiary/aromatic N) is 1. The van der Waals surface area contributed by atoms with Gasteiger partial charge in [0, 0.05) is 40.3 Å². The average molecular weight is 386 g/mol. The molecule has 146 valence electrons. The molecule has 2 aromatic carbocycles. The molecular formula is C24H22N2O3. The number of pyridine rings is 1. The Kier molecular flexibility index (Phi) is 5.29. The Morgan fingerprint density at radius 2 is 1.86 bits per heavy atom. The van der Waals surface area contributed by atoms with Gasteiger partial charge in [-0.05, 0) is 55.8 Å². The van der Waals surface area contributed by atoms with Gasteiger partial charge in [0.2, 0.25) is 0 Å². The minimum Gasteiger partial charge on any atom is -0.494 e. The van der Waals surface area contributed by atoms with Crippen LogP contribution in [0, 0.1) is 0 Å². The van der Waals surface area contributed by atoms with Crippen LogP contribution in [0.5, 0.6) is 11.5 Å². The summed E-state index contributed by atoms with van der Waals surface area (Å²) in [6.07, 6.45) is 5.41. The van der Waals surface area contributed by atoms with E-state index in [4.69, 9.17) is 9.47 Å². The molecule has 5 heteroatoms. The number of nitrogens with one attached hydrogen (secondary N) is 1. The van der Waals surface area contributed by atoms with Crippen LogP contribution in [0.15, 0.2) is 60.9 Å². The Bertz CT molecular complexity index is 1070. The van der Waals surface area contributed by atoms with Crippen LogP contribution in [-0.4, -0.2) is 24.1 Å². The summed E-state index contributed by atoms with van der Waals surface area (Å²) in [4.78, 5) is 16.9. The normalized spacial score (nSPS) is 13.9. The van der Waals surface area contributed by atoms with Crippen LogP contribution in [0.1, 0.15) is 25.0 Å². The lowest BCUT2D eigenvalue weighted by atomic mass is 10.00. The fraction of sp³-hybridized carbons (Fsp3) is 0.167. The molecular weight excluding hydrogens is 364 g/mol. The molecule has 1 N–H and O–H groups in total. The molecule has 0 bridgehead atoms. The van der Waals surface area contributed by atoms with E-state index in [0.29, 0.717) is 18.8 Å². The first-order chi connectivity index (χ1) is 14.2. The Morgan fingerprint density at radius 3 is 2.62 bits per heavy atom. The Balaban J connectivity index is 1.75. The minimum absolute atomic E-state index is 0.132. The largest absolute Gasteiger partial charge is 0.494 e. The molecule has 0 saturated carbocycles. The van der Waals surface area contributed by atoms with Crippen molar-refractivity contribution in [3.8, 4) is 22.6 Å². The number of aromatic nitrogens is 1. The molecule has 1 aliphatic heterocycles. The van der Waals surface area contributed by atoms with E-state index in [1.165, 1.54) is 0 Å². The minimum atomic E-state index is -0.132. The first-order valence-corrected chi connectivity index (χ1v) is 9.67. The summed E-state index contributed by atoms with van der Waals surface area (Å²) in [6.45, 7) is 4.99. The number of carbonyl (C=O) groups excluding carboxylic acids is 1. The molecule has 4 rings (SSSR count). The number of fused-ring (bicyclic) bond motifs is 1. The standard InChI is InChI=1S/C24H22N2O3/c1-3-28-19-8-10-23(29-4-2)18(12-19)13-21-20-9-7-16(14-22(20)26-24(21)27)17-6-5-11-25-15-17/h5-15H,3-4H2,1-2H3,(H,26,27)/b21-13+. The Morgan fingerprint density at radius 1 is 1.00 bits per heavy atom. The number of hydrogen-bond donors (Lipinski definition) is 1. The van der Waals surface area contributed by atoms with E-state index in [1.54, 1.807) is 6.20 Å². The molecule has 1 amide bonds. The van der Waals surface area contributed by atoms with E-state index in [0.717, 1.165) is 39.4 Å². The molecule has 5 nitrogen and oxygen atoms in total. The van der Waals surface area contributed by atoms with E-state index >= 15 is 0 Å². The van der Waals surface area contributed by atoms with Crippen LogP contribution < -0.4 is 14.8 Å². The van der Waals surface area contributed by atoms with Crippen molar-refractivity contribution in [1.82, 2.24) is 4.98 Å². The first kappa shape index (κ1) is 18.7. The van der Waals surface area contributed by atoms with Crippen molar-refractivity contribution in [3.05, 3.63) is 72.1 Å². The second kappa shape index (κ2) is 8.19. The fourth-order valence-corrected chi connectivity index (χ4v) is 3.39. The molecule has 2 heterocycles. The summed E-state index contributed by atoms with van der Waals surface area (Å²) >= 11 is 0. The third kappa shape index (κ3) is 3.85. The van der Waals surface area contributed by atoms with Crippen molar-refractivity contribution >= 4 is 23.2 Å². The SMILES string of the molecule is CCOc1ccc(OCC)c(/C=C2/C(=O)Nc3cc(-c4cccnc4)ccc32)c1. The topological polar surface area (TPSA) is 60.5 Å². The van der Waals surface area contributed by atoms with E-state index < -0.39 is 0 Å². The van der Waals surface area contributed by atoms with Crippen LogP contribution in [0.2, 0.25) is 0 Å². The van der Waals surface area contributed by atoms with Gasteiger partial charge in [-0.2, -0.15) is 0 Å². The Hall–Kier alpha value is -3.60. The maximum absolute atomic E-state index is 12.7. The van der Waals surface area contributed by atoms with Crippen molar-refractivity contribution in [2.45, 2.75) is 13.8 Å². The predicted molar refractivity (Wildman–Crippen MR) is 115 cm³/mol. The Labute approximate surface area is 170 Å². The highest BCUT2D eigenvalue weighted by Gasteiger charge is 2.25. The van der Waals surface area contributed by atoms with Gasteiger partial charge in [-0.25, -0.2) is 0 Å². The highest BCUT2D eigenvalue weighted by atomic mass is 16.5. The van der Waals surface area contributed by atoms with E-state index in [9.17, 15) is 4.79 Å². The zero-order valence-electron chi connectivity index (χ0n) is 16.4. The fourth-order valence-electron chi connectivity index (χ4n) is 3.39. The van der Waals surface area contributed by atoms with Crippen LogP contribution >= 0.6 is 0 Å². The van der Waals surface area contributed by atoms with Crippen molar-refractivity contribution in [3.63, 3.8) is 0 Å². The molecule has 0 radical (unpaired) electrons. The average Bonchev–Trinajstić information content (AvgIpc) is 3.05. The number of carbonyl (C=O) groups is 1. The second-order valence-electron chi connectivity index (χ2n) is 6.58.